The number of nitrogens with one attached hydrogen (secondary N) is 1. The molecule has 1 aromatic rings. The summed E-state index contributed by atoms with van der Waals surface area (Å²) in [4.78, 5) is 28.9. The van der Waals surface area contributed by atoms with Gasteiger partial charge in [-0.15, -0.1) is 0 Å². The topological polar surface area (TPSA) is 52.7 Å². The number of anilines is 1. The fourth-order valence-corrected chi connectivity index (χ4v) is 4.10. The Labute approximate surface area is 174 Å². The van der Waals surface area contributed by atoms with E-state index in [2.05, 4.69) is 29.1 Å². The first-order chi connectivity index (χ1) is 13.4. The summed E-state index contributed by atoms with van der Waals surface area (Å²) >= 11 is 6.39. The van der Waals surface area contributed by atoms with E-state index in [-0.39, 0.29) is 11.7 Å². The lowest BCUT2D eigenvalue weighted by Gasteiger charge is -2.39. The van der Waals surface area contributed by atoms with E-state index in [1.54, 1.807) is 6.07 Å². The maximum atomic E-state index is 12.7. The van der Waals surface area contributed by atoms with Crippen molar-refractivity contribution in [1.82, 2.24) is 10.2 Å². The Hall–Kier alpha value is -1.59. The summed E-state index contributed by atoms with van der Waals surface area (Å²) in [6, 6.07) is 4.19. The lowest BCUT2D eigenvalue weighted by atomic mass is 9.99. The summed E-state index contributed by atoms with van der Waals surface area (Å²) in [5.74, 6) is 0.108. The van der Waals surface area contributed by atoms with Gasteiger partial charge in [0.2, 0.25) is 0 Å². The smallest absolute Gasteiger partial charge is 0.251 e. The standard InChI is InChI=1S/C22H34ClN3O2/c1-5-19(27)8-7-11-24-22(28)20-14-17(23)15-21(16(20)3)26(6-2)18-9-12-25(4)13-10-18/h14-15,18H,5-13H2,1-4H3,(H,24,28). The Morgan fingerprint density at radius 3 is 2.54 bits per heavy atom. The predicted molar refractivity (Wildman–Crippen MR) is 117 cm³/mol. The largest absolute Gasteiger partial charge is 0.368 e. The molecule has 0 saturated carbocycles. The van der Waals surface area contributed by atoms with Crippen molar-refractivity contribution in [3.05, 3.63) is 28.3 Å². The van der Waals surface area contributed by atoms with Crippen LogP contribution in [0.3, 0.4) is 0 Å². The molecular weight excluding hydrogens is 374 g/mol. The number of Topliss-reactive ketones (excluding diaryl/α,β-unsaturated/α-hetero) is 1. The highest BCUT2D eigenvalue weighted by atomic mass is 35.5. The summed E-state index contributed by atoms with van der Waals surface area (Å²) < 4.78 is 0. The number of likely N-dealkylation sites (tertiary alicyclic amines) is 1. The fraction of sp³-hybridized carbons (Fsp3) is 0.636. The van der Waals surface area contributed by atoms with E-state index in [1.807, 2.05) is 19.9 Å². The molecule has 1 aliphatic heterocycles. The van der Waals surface area contributed by atoms with Crippen molar-refractivity contribution in [2.75, 3.05) is 38.1 Å². The molecule has 1 amide bonds. The minimum atomic E-state index is -0.121. The third-order valence-electron chi connectivity index (χ3n) is 5.68. The highest BCUT2D eigenvalue weighted by Crippen LogP contribution is 2.31. The number of nitrogens with zero attached hydrogens (tertiary/aromatic N) is 2. The van der Waals surface area contributed by atoms with Crippen LogP contribution in [0.15, 0.2) is 12.1 Å². The number of carbonyl (C=O) groups excluding carboxylic acids is 2. The molecule has 1 aromatic carbocycles. The lowest BCUT2D eigenvalue weighted by molar-refractivity contribution is -0.118. The van der Waals surface area contributed by atoms with Crippen LogP contribution in [-0.4, -0.2) is 55.9 Å². The SMILES string of the molecule is CCC(=O)CCCNC(=O)c1cc(Cl)cc(N(CC)C2CCN(C)CC2)c1C. The van der Waals surface area contributed by atoms with E-state index in [0.717, 1.165) is 43.7 Å². The predicted octanol–water partition coefficient (Wildman–Crippen LogP) is 4.06. The van der Waals surface area contributed by atoms with Crippen LogP contribution in [0.25, 0.3) is 0 Å². The Balaban J connectivity index is 2.13. The first-order valence-corrected chi connectivity index (χ1v) is 10.8. The fourth-order valence-electron chi connectivity index (χ4n) is 3.89. The molecule has 0 spiro atoms. The van der Waals surface area contributed by atoms with Crippen LogP contribution in [0.1, 0.15) is 61.9 Å². The van der Waals surface area contributed by atoms with Crippen molar-refractivity contribution in [3.8, 4) is 0 Å². The van der Waals surface area contributed by atoms with E-state index < -0.39 is 0 Å². The molecule has 1 saturated heterocycles. The molecule has 0 unspecified atom stereocenters. The molecule has 0 radical (unpaired) electrons. The number of amides is 1. The van der Waals surface area contributed by atoms with Gasteiger partial charge < -0.3 is 15.1 Å². The molecule has 1 aliphatic rings. The van der Waals surface area contributed by atoms with Crippen LogP contribution in [-0.2, 0) is 4.79 Å². The van der Waals surface area contributed by atoms with Crippen LogP contribution in [0.4, 0.5) is 5.69 Å². The third-order valence-corrected chi connectivity index (χ3v) is 5.90. The molecule has 5 nitrogen and oxygen atoms in total. The minimum Gasteiger partial charge on any atom is -0.368 e. The van der Waals surface area contributed by atoms with E-state index in [4.69, 9.17) is 11.6 Å². The quantitative estimate of drug-likeness (QED) is 0.627. The number of halogens is 1. The highest BCUT2D eigenvalue weighted by Gasteiger charge is 2.25. The van der Waals surface area contributed by atoms with Gasteiger partial charge in [0.1, 0.15) is 5.78 Å². The van der Waals surface area contributed by atoms with Gasteiger partial charge in [-0.1, -0.05) is 18.5 Å². The molecular formula is C22H34ClN3O2. The Morgan fingerprint density at radius 2 is 1.93 bits per heavy atom. The number of benzene rings is 1. The maximum Gasteiger partial charge on any atom is 0.251 e. The average molecular weight is 408 g/mol. The number of piperidine rings is 1. The number of rotatable bonds is 9. The molecule has 28 heavy (non-hydrogen) atoms. The lowest BCUT2D eigenvalue weighted by Crippen LogP contribution is -2.44. The average Bonchev–Trinajstić information content (AvgIpc) is 2.69. The first kappa shape index (κ1) is 22.7. The molecule has 0 atom stereocenters. The zero-order chi connectivity index (χ0) is 20.7. The van der Waals surface area contributed by atoms with E-state index >= 15 is 0 Å². The zero-order valence-electron chi connectivity index (χ0n) is 17.7. The Bertz CT molecular complexity index is 685. The van der Waals surface area contributed by atoms with Gasteiger partial charge in [-0.05, 0) is 70.9 Å². The maximum absolute atomic E-state index is 12.7. The highest BCUT2D eigenvalue weighted by molar-refractivity contribution is 6.31. The van der Waals surface area contributed by atoms with Crippen LogP contribution in [0, 0.1) is 6.92 Å². The Kier molecular flexibility index (Phi) is 8.77. The third kappa shape index (κ3) is 5.95. The van der Waals surface area contributed by atoms with Crippen LogP contribution < -0.4 is 10.2 Å². The minimum absolute atomic E-state index is 0.121. The molecule has 2 rings (SSSR count). The summed E-state index contributed by atoms with van der Waals surface area (Å²) in [5, 5.41) is 3.52. The Morgan fingerprint density at radius 1 is 1.25 bits per heavy atom. The summed E-state index contributed by atoms with van der Waals surface area (Å²) in [5.41, 5.74) is 2.64. The van der Waals surface area contributed by atoms with E-state index in [0.29, 0.717) is 42.4 Å². The van der Waals surface area contributed by atoms with Crippen molar-refractivity contribution in [1.29, 1.82) is 0 Å². The molecule has 156 valence electrons. The van der Waals surface area contributed by atoms with Crippen molar-refractivity contribution in [2.24, 2.45) is 0 Å². The summed E-state index contributed by atoms with van der Waals surface area (Å²) in [7, 11) is 2.16. The van der Waals surface area contributed by atoms with Gasteiger partial charge in [0.25, 0.3) is 5.91 Å². The zero-order valence-corrected chi connectivity index (χ0v) is 18.4. The summed E-state index contributed by atoms with van der Waals surface area (Å²) in [6.07, 6.45) is 3.96. The number of hydrogen-bond acceptors (Lipinski definition) is 4. The van der Waals surface area contributed by atoms with Crippen molar-refractivity contribution >= 4 is 29.0 Å². The van der Waals surface area contributed by atoms with Crippen molar-refractivity contribution in [3.63, 3.8) is 0 Å². The van der Waals surface area contributed by atoms with Gasteiger partial charge in [-0.3, -0.25) is 9.59 Å². The second kappa shape index (κ2) is 10.8. The van der Waals surface area contributed by atoms with Gasteiger partial charge in [0.15, 0.2) is 0 Å². The second-order valence-electron chi connectivity index (χ2n) is 7.67. The van der Waals surface area contributed by atoms with Crippen molar-refractivity contribution < 1.29 is 9.59 Å². The number of hydrogen-bond donors (Lipinski definition) is 1. The molecule has 1 heterocycles. The van der Waals surface area contributed by atoms with Crippen molar-refractivity contribution in [2.45, 2.75) is 58.9 Å². The van der Waals surface area contributed by atoms with E-state index in [1.165, 1.54) is 0 Å². The van der Waals surface area contributed by atoms with Crippen LogP contribution >= 0.6 is 11.6 Å². The number of carbonyl (C=O) groups is 2. The monoisotopic (exact) mass is 407 g/mol. The first-order valence-electron chi connectivity index (χ1n) is 10.4. The van der Waals surface area contributed by atoms with Gasteiger partial charge >= 0.3 is 0 Å². The van der Waals surface area contributed by atoms with Gasteiger partial charge in [-0.2, -0.15) is 0 Å². The van der Waals surface area contributed by atoms with Gasteiger partial charge in [0, 0.05) is 48.2 Å². The summed E-state index contributed by atoms with van der Waals surface area (Å²) in [6.45, 7) is 9.58. The normalized spacial score (nSPS) is 15.5. The molecule has 0 bridgehead atoms. The molecule has 1 N–H and O–H groups in total. The molecule has 1 fully saturated rings. The van der Waals surface area contributed by atoms with Crippen LogP contribution in [0.5, 0.6) is 0 Å². The second-order valence-corrected chi connectivity index (χ2v) is 8.11. The van der Waals surface area contributed by atoms with Gasteiger partial charge in [-0.25, -0.2) is 0 Å². The van der Waals surface area contributed by atoms with E-state index in [9.17, 15) is 9.59 Å². The molecule has 6 heteroatoms. The molecule has 0 aromatic heterocycles. The number of ketones is 1. The van der Waals surface area contributed by atoms with Crippen LogP contribution in [0.2, 0.25) is 5.02 Å². The van der Waals surface area contributed by atoms with Gasteiger partial charge in [0.05, 0.1) is 0 Å². The molecule has 0 aliphatic carbocycles.